The van der Waals surface area contributed by atoms with Crippen molar-refractivity contribution in [2.45, 2.75) is 64.5 Å². The van der Waals surface area contributed by atoms with Crippen LogP contribution in [0, 0.1) is 0 Å². The van der Waals surface area contributed by atoms with E-state index in [-0.39, 0.29) is 17.9 Å². The number of sulfone groups is 1. The number of carbonyl (C=O) groups excluding carboxylic acids is 3. The molecule has 0 unspecified atom stereocenters. The Morgan fingerprint density at radius 1 is 1.25 bits per heavy atom. The van der Waals surface area contributed by atoms with Crippen molar-refractivity contribution in [2.24, 2.45) is 0 Å². The third kappa shape index (κ3) is 4.72. The molecule has 0 aromatic heterocycles. The molecule has 2 rings (SSSR count). The number of carbonyl (C=O) groups is 3. The zero-order chi connectivity index (χ0) is 21.3. The highest BCUT2D eigenvalue weighted by molar-refractivity contribution is 7.92. The zero-order valence-electron chi connectivity index (χ0n) is 16.8. The Morgan fingerprint density at radius 3 is 2.43 bits per heavy atom. The van der Waals surface area contributed by atoms with E-state index in [1.807, 2.05) is 6.92 Å². The van der Waals surface area contributed by atoms with E-state index >= 15 is 0 Å². The maximum atomic E-state index is 12.7. The van der Waals surface area contributed by atoms with Gasteiger partial charge in [0.25, 0.3) is 5.91 Å². The molecule has 2 aliphatic heterocycles. The molecule has 0 spiro atoms. The van der Waals surface area contributed by atoms with E-state index in [9.17, 15) is 22.8 Å². The summed E-state index contributed by atoms with van der Waals surface area (Å²) in [6.45, 7) is 7.91. The molecule has 2 heterocycles. The quantitative estimate of drug-likeness (QED) is 0.341. The topological polar surface area (TPSA) is 116 Å². The van der Waals surface area contributed by atoms with Gasteiger partial charge in [-0.25, -0.2) is 13.2 Å². The molecule has 1 amide bonds. The first-order valence-corrected chi connectivity index (χ1v) is 10.9. The summed E-state index contributed by atoms with van der Waals surface area (Å²) in [5.41, 5.74) is -1.02. The van der Waals surface area contributed by atoms with Crippen LogP contribution in [-0.2, 0) is 38.4 Å². The molecule has 1 saturated heterocycles. The van der Waals surface area contributed by atoms with Crippen LogP contribution in [0.25, 0.3) is 0 Å². The molecule has 2 atom stereocenters. The van der Waals surface area contributed by atoms with E-state index < -0.39 is 57.1 Å². The Balaban J connectivity index is 2.40. The molecule has 0 saturated carbocycles. The number of β-lactam (4-membered cyclic amide) rings is 1. The Labute approximate surface area is 164 Å². The first-order valence-electron chi connectivity index (χ1n) is 9.14. The number of ether oxygens (including phenoxy) is 3. The van der Waals surface area contributed by atoms with Gasteiger partial charge in [-0.2, -0.15) is 0 Å². The highest BCUT2D eigenvalue weighted by atomic mass is 32.2. The second-order valence-corrected chi connectivity index (χ2v) is 9.88. The SMILES string of the molecule is CCCCO[C@H]1C(=O)N2C(C(=O)OC(C)(C)C)=C(COC(C)=O)CS(=O)(=O)[C@H]12. The van der Waals surface area contributed by atoms with Crippen LogP contribution < -0.4 is 0 Å². The molecule has 0 aromatic carbocycles. The maximum Gasteiger partial charge on any atom is 0.355 e. The van der Waals surface area contributed by atoms with Crippen LogP contribution in [0.3, 0.4) is 0 Å². The van der Waals surface area contributed by atoms with Gasteiger partial charge >= 0.3 is 11.9 Å². The fraction of sp³-hybridized carbons (Fsp3) is 0.722. The summed E-state index contributed by atoms with van der Waals surface area (Å²) in [5.74, 6) is -2.61. The lowest BCUT2D eigenvalue weighted by Gasteiger charge is -2.49. The van der Waals surface area contributed by atoms with Crippen molar-refractivity contribution in [2.75, 3.05) is 19.0 Å². The van der Waals surface area contributed by atoms with Crippen molar-refractivity contribution in [3.05, 3.63) is 11.3 Å². The van der Waals surface area contributed by atoms with Gasteiger partial charge in [0.05, 0.1) is 5.75 Å². The van der Waals surface area contributed by atoms with E-state index in [1.54, 1.807) is 20.8 Å². The van der Waals surface area contributed by atoms with Crippen LogP contribution in [0.2, 0.25) is 0 Å². The lowest BCUT2D eigenvalue weighted by atomic mass is 10.0. The van der Waals surface area contributed by atoms with E-state index in [4.69, 9.17) is 14.2 Å². The van der Waals surface area contributed by atoms with Gasteiger partial charge in [0.1, 0.15) is 17.9 Å². The summed E-state index contributed by atoms with van der Waals surface area (Å²) in [6, 6.07) is 0. The number of rotatable bonds is 7. The summed E-state index contributed by atoms with van der Waals surface area (Å²) >= 11 is 0. The first kappa shape index (κ1) is 22.4. The summed E-state index contributed by atoms with van der Waals surface area (Å²) in [5, 5.41) is -1.28. The number of unbranched alkanes of at least 4 members (excludes halogenated alkanes) is 1. The molecular weight excluding hydrogens is 390 g/mol. The van der Waals surface area contributed by atoms with Gasteiger partial charge in [0, 0.05) is 19.1 Å². The number of nitrogens with zero attached hydrogens (tertiary/aromatic N) is 1. The number of fused-ring (bicyclic) bond motifs is 1. The lowest BCUT2D eigenvalue weighted by Crippen LogP contribution is -2.71. The molecule has 9 nitrogen and oxygen atoms in total. The van der Waals surface area contributed by atoms with Crippen molar-refractivity contribution in [3.63, 3.8) is 0 Å². The molecule has 0 bridgehead atoms. The minimum Gasteiger partial charge on any atom is -0.461 e. The summed E-state index contributed by atoms with van der Waals surface area (Å²) in [7, 11) is -3.83. The van der Waals surface area contributed by atoms with Gasteiger partial charge < -0.3 is 14.2 Å². The van der Waals surface area contributed by atoms with Gasteiger partial charge in [-0.3, -0.25) is 14.5 Å². The Kier molecular flexibility index (Phi) is 6.55. The van der Waals surface area contributed by atoms with Gasteiger partial charge in [-0.05, 0) is 27.2 Å². The lowest BCUT2D eigenvalue weighted by molar-refractivity contribution is -0.169. The average molecular weight is 417 g/mol. The van der Waals surface area contributed by atoms with Crippen molar-refractivity contribution in [1.29, 1.82) is 0 Å². The highest BCUT2D eigenvalue weighted by Gasteiger charge is 2.61. The largest absolute Gasteiger partial charge is 0.461 e. The van der Waals surface area contributed by atoms with E-state index in [1.165, 1.54) is 6.92 Å². The molecule has 0 aromatic rings. The Hall–Kier alpha value is -1.94. The normalized spacial score (nSPS) is 23.8. The van der Waals surface area contributed by atoms with Crippen molar-refractivity contribution in [3.8, 4) is 0 Å². The van der Waals surface area contributed by atoms with Gasteiger partial charge in [0.15, 0.2) is 21.3 Å². The number of esters is 2. The molecule has 10 heteroatoms. The minimum absolute atomic E-state index is 0.0149. The number of hydrogen-bond acceptors (Lipinski definition) is 8. The number of hydrogen-bond donors (Lipinski definition) is 0. The van der Waals surface area contributed by atoms with Crippen LogP contribution >= 0.6 is 0 Å². The summed E-state index contributed by atoms with van der Waals surface area (Å²) in [6.07, 6.45) is 0.366. The molecule has 1 fully saturated rings. The second-order valence-electron chi connectivity index (χ2n) is 7.79. The molecule has 0 N–H and O–H groups in total. The molecule has 2 aliphatic rings. The summed E-state index contributed by atoms with van der Waals surface area (Å²) in [4.78, 5) is 37.4. The van der Waals surface area contributed by atoms with Crippen LogP contribution in [0.15, 0.2) is 11.3 Å². The van der Waals surface area contributed by atoms with E-state index in [0.29, 0.717) is 6.42 Å². The van der Waals surface area contributed by atoms with Crippen molar-refractivity contribution >= 4 is 27.7 Å². The van der Waals surface area contributed by atoms with Gasteiger partial charge in [-0.15, -0.1) is 0 Å². The monoisotopic (exact) mass is 417 g/mol. The average Bonchev–Trinajstić information content (AvgIpc) is 2.54. The van der Waals surface area contributed by atoms with Crippen molar-refractivity contribution < 1.29 is 37.0 Å². The Bertz CT molecular complexity index is 793. The minimum atomic E-state index is -3.83. The maximum absolute atomic E-state index is 12.7. The van der Waals surface area contributed by atoms with Gasteiger partial charge in [-0.1, -0.05) is 13.3 Å². The smallest absolute Gasteiger partial charge is 0.355 e. The van der Waals surface area contributed by atoms with Crippen LogP contribution in [0.4, 0.5) is 0 Å². The predicted molar refractivity (Wildman–Crippen MR) is 98.6 cm³/mol. The highest BCUT2D eigenvalue weighted by Crippen LogP contribution is 2.39. The molecule has 0 aliphatic carbocycles. The third-order valence-electron chi connectivity index (χ3n) is 4.15. The molecular formula is C18H27NO8S. The van der Waals surface area contributed by atoms with Crippen LogP contribution in [0.1, 0.15) is 47.5 Å². The Morgan fingerprint density at radius 2 is 1.89 bits per heavy atom. The van der Waals surface area contributed by atoms with E-state index in [2.05, 4.69) is 0 Å². The predicted octanol–water partition coefficient (Wildman–Crippen LogP) is 0.927. The summed E-state index contributed by atoms with van der Waals surface area (Å²) < 4.78 is 41.2. The van der Waals surface area contributed by atoms with E-state index in [0.717, 1.165) is 11.3 Å². The third-order valence-corrected chi connectivity index (χ3v) is 6.10. The number of amides is 1. The van der Waals surface area contributed by atoms with Crippen LogP contribution in [0.5, 0.6) is 0 Å². The van der Waals surface area contributed by atoms with Crippen molar-refractivity contribution in [1.82, 2.24) is 4.90 Å². The molecule has 0 radical (unpaired) electrons. The fourth-order valence-electron chi connectivity index (χ4n) is 2.97. The zero-order valence-corrected chi connectivity index (χ0v) is 17.6. The standard InChI is InChI=1S/C18H27NO8S/c1-6-7-8-25-14-15(21)19-13(17(22)27-18(3,4)5)12(9-26-11(2)20)10-28(23,24)16(14)19/h14,16H,6-10H2,1-5H3/t14-,16+/m0/s1. The van der Waals surface area contributed by atoms with Crippen LogP contribution in [-0.4, -0.2) is 67.2 Å². The molecule has 158 valence electrons. The van der Waals surface area contributed by atoms with Gasteiger partial charge in [0.2, 0.25) is 0 Å². The second kappa shape index (κ2) is 8.20. The molecule has 28 heavy (non-hydrogen) atoms. The first-order chi connectivity index (χ1) is 12.9. The fourth-order valence-corrected chi connectivity index (χ4v) is 4.95.